The molecule has 74 heavy (non-hydrogen) atoms. The smallest absolute Gasteiger partial charge is 0.410 e. The number of nitrogens with one attached hydrogen (secondary N) is 2. The number of amides is 3. The summed E-state index contributed by atoms with van der Waals surface area (Å²) in [6.45, 7) is 12.7. The van der Waals surface area contributed by atoms with E-state index < -0.39 is 16.4 Å². The molecule has 0 spiro atoms. The number of carbonyl (C=O) groups excluding carboxylic acids is 3. The number of hydrogen-bond donors (Lipinski definition) is 3. The third-order valence-electron chi connectivity index (χ3n) is 15.3. The van der Waals surface area contributed by atoms with Gasteiger partial charge in [-0.25, -0.2) is 19.7 Å². The van der Waals surface area contributed by atoms with Gasteiger partial charge in [0.15, 0.2) is 0 Å². The van der Waals surface area contributed by atoms with Crippen LogP contribution >= 0.6 is 0 Å². The minimum atomic E-state index is -1.23. The Morgan fingerprint density at radius 2 is 1.18 bits per heavy atom. The molecule has 2 aliphatic heterocycles. The first-order valence-corrected chi connectivity index (χ1v) is 27.3. The summed E-state index contributed by atoms with van der Waals surface area (Å²) in [5.41, 5.74) is 12.4. The third-order valence-corrected chi connectivity index (χ3v) is 16.0. The molecule has 6 heterocycles. The minimum absolute atomic E-state index is 0.0192. The molecule has 1 atom stereocenters. The molecule has 14 rings (SSSR count). The van der Waals surface area contributed by atoms with Crippen LogP contribution < -0.4 is 26.2 Å². The number of nitrogen functional groups attached to an aromatic ring is 1. The van der Waals surface area contributed by atoms with Crippen molar-refractivity contribution in [3.63, 3.8) is 0 Å². The first-order chi connectivity index (χ1) is 35.3. The molecule has 2 saturated heterocycles. The number of fused-ring (bicyclic) bond motifs is 2. The fraction of sp³-hybridized carbons (Fsp3) is 0.500. The summed E-state index contributed by atoms with van der Waals surface area (Å²) < 4.78 is 21.4. The van der Waals surface area contributed by atoms with Gasteiger partial charge in [-0.15, -0.1) is 0 Å². The van der Waals surface area contributed by atoms with Gasteiger partial charge in [-0.3, -0.25) is 13.8 Å². The molecule has 6 aromatic rings. The molecule has 4 N–H and O–H groups in total. The maximum atomic E-state index is 12.9. The highest BCUT2D eigenvalue weighted by atomic mass is 32.2. The van der Waals surface area contributed by atoms with Crippen molar-refractivity contribution < 1.29 is 23.3 Å². The van der Waals surface area contributed by atoms with Gasteiger partial charge in [0.2, 0.25) is 11.1 Å². The molecule has 1 unspecified atom stereocenters. The van der Waals surface area contributed by atoms with Crippen LogP contribution in [0.5, 0.6) is 0 Å². The van der Waals surface area contributed by atoms with Crippen molar-refractivity contribution in [2.45, 2.75) is 81.1 Å². The van der Waals surface area contributed by atoms with E-state index in [9.17, 15) is 18.6 Å². The molecule has 4 aromatic heterocycles. The zero-order valence-corrected chi connectivity index (χ0v) is 44.7. The number of aromatic nitrogens is 6. The van der Waals surface area contributed by atoms with Crippen molar-refractivity contribution in [2.75, 3.05) is 108 Å². The zero-order valence-electron chi connectivity index (χ0n) is 43.9. The lowest BCUT2D eigenvalue weighted by atomic mass is 9.49. The van der Waals surface area contributed by atoms with E-state index in [2.05, 4.69) is 68.8 Å². The molecule has 6 saturated carbocycles. The maximum absolute atomic E-state index is 12.9. The van der Waals surface area contributed by atoms with Crippen LogP contribution in [-0.2, 0) is 26.6 Å². The second kappa shape index (κ2) is 19.8. The van der Waals surface area contributed by atoms with Crippen LogP contribution in [0.2, 0.25) is 0 Å². The van der Waals surface area contributed by atoms with Gasteiger partial charge in [-0.05, 0) is 132 Å². The molecule has 8 fully saturated rings. The number of hydrogen-bond acceptors (Lipinski definition) is 14. The second-order valence-electron chi connectivity index (χ2n) is 22.3. The predicted octanol–water partition coefficient (Wildman–Crippen LogP) is 6.50. The normalized spacial score (nSPS) is 22.8. The van der Waals surface area contributed by atoms with Crippen molar-refractivity contribution in [1.82, 2.24) is 49.1 Å². The lowest BCUT2D eigenvalue weighted by Gasteiger charge is -2.62. The third kappa shape index (κ3) is 9.97. The number of anilines is 5. The molecule has 2 aromatic carbocycles. The van der Waals surface area contributed by atoms with E-state index in [4.69, 9.17) is 15.5 Å². The largest absolute Gasteiger partial charge is 0.444 e. The molecular formula is C54H70N14O5S. The summed E-state index contributed by atoms with van der Waals surface area (Å²) in [5, 5.41) is 8.82. The number of benzene rings is 2. The Morgan fingerprint density at radius 3 is 1.64 bits per heavy atom. The number of rotatable bonds is 9. The van der Waals surface area contributed by atoms with Crippen LogP contribution in [0.25, 0.3) is 22.1 Å². The Kier molecular flexibility index (Phi) is 13.6. The molecule has 4 bridgehead atoms. The van der Waals surface area contributed by atoms with Gasteiger partial charge in [-0.1, -0.05) is 0 Å². The Hall–Kier alpha value is -6.80. The number of nitrogens with zero attached hydrogens (tertiary/aromatic N) is 11. The highest BCUT2D eigenvalue weighted by molar-refractivity contribution is 7.84. The van der Waals surface area contributed by atoms with Crippen LogP contribution in [0.4, 0.5) is 33.5 Å². The fourth-order valence-electron chi connectivity index (χ4n) is 11.3. The van der Waals surface area contributed by atoms with Crippen molar-refractivity contribution in [1.29, 1.82) is 0 Å². The Morgan fingerprint density at radius 1 is 0.703 bits per heavy atom. The van der Waals surface area contributed by atoms with Gasteiger partial charge in [0.25, 0.3) is 11.8 Å². The van der Waals surface area contributed by atoms with Crippen molar-refractivity contribution >= 4 is 79.5 Å². The Balaban J connectivity index is 0.000000132. The Labute approximate surface area is 435 Å². The molecule has 20 heteroatoms. The van der Waals surface area contributed by atoms with Gasteiger partial charge >= 0.3 is 6.09 Å². The van der Waals surface area contributed by atoms with Gasteiger partial charge < -0.3 is 54.7 Å². The van der Waals surface area contributed by atoms with E-state index in [1.54, 1.807) is 55.3 Å². The van der Waals surface area contributed by atoms with Gasteiger partial charge in [0.05, 0.1) is 10.8 Å². The maximum Gasteiger partial charge on any atom is 0.410 e. The zero-order chi connectivity index (χ0) is 52.3. The van der Waals surface area contributed by atoms with E-state index in [-0.39, 0.29) is 29.0 Å². The number of ether oxygens (including phenoxy) is 1. The molecular weight excluding hydrogens is 957 g/mol. The first-order valence-electron chi connectivity index (χ1n) is 25.7. The summed E-state index contributed by atoms with van der Waals surface area (Å²) in [7, 11) is 5.88. The van der Waals surface area contributed by atoms with E-state index in [0.29, 0.717) is 29.9 Å². The topological polar surface area (TPSA) is 205 Å². The highest BCUT2D eigenvalue weighted by Gasteiger charge is 2.60. The molecule has 8 aliphatic rings. The van der Waals surface area contributed by atoms with E-state index >= 15 is 0 Å². The van der Waals surface area contributed by atoms with Crippen molar-refractivity contribution in [3.8, 4) is 0 Å². The number of nitrogens with two attached hydrogens (primary N) is 1. The number of carbonyl (C=O) groups is 3. The standard InChI is InChI=1S/C24H29N7O.C15H18N4O2S.C15H23N3O2/c1-29(2)22(32)20-11-17-15-26-23(28-21(17)31(20)24-12-16(13-24)14-24)27-18-3-5-19(6-4-18)30-9-7-25-8-10-30;1-18(2)13(20)11-4-10-8-16-14(22(3)21)17-12(10)19(11)15-5-9(6-15)7-15;1-15(2,3)20-14(19)18-10-8-17(9-11-18)13-6-4-12(16)5-7-13/h3-6,11,15-16,25H,7-10,12-14H2,1-2H3,(H,26,27,28);4,8-9H,5-7H2,1-3H3;4-7H,8-11,16H2,1-3H3. The quantitative estimate of drug-likeness (QED) is 0.105. The fourth-order valence-corrected chi connectivity index (χ4v) is 11.7. The van der Waals surface area contributed by atoms with Crippen LogP contribution in [0.1, 0.15) is 80.3 Å². The van der Waals surface area contributed by atoms with Crippen LogP contribution in [0.3, 0.4) is 0 Å². The summed E-state index contributed by atoms with van der Waals surface area (Å²) >= 11 is 0. The lowest BCUT2D eigenvalue weighted by Crippen LogP contribution is -2.60. The highest BCUT2D eigenvalue weighted by Crippen LogP contribution is 2.64. The van der Waals surface area contributed by atoms with Gasteiger partial charge in [0.1, 0.15) is 28.3 Å². The summed E-state index contributed by atoms with van der Waals surface area (Å²) in [5.74, 6) is 2.15. The van der Waals surface area contributed by atoms with Gasteiger partial charge in [-0.2, -0.15) is 4.98 Å². The molecule has 6 aliphatic carbocycles. The van der Waals surface area contributed by atoms with E-state index in [1.807, 2.05) is 63.4 Å². The average molecular weight is 1030 g/mol. The number of piperazine rings is 2. The molecule has 0 radical (unpaired) electrons. The summed E-state index contributed by atoms with van der Waals surface area (Å²) in [6, 6.07) is 20.1. The van der Waals surface area contributed by atoms with Crippen molar-refractivity contribution in [3.05, 3.63) is 84.4 Å². The monoisotopic (exact) mass is 1030 g/mol. The second-order valence-corrected chi connectivity index (χ2v) is 23.6. The Bertz CT molecular complexity index is 3060. The van der Waals surface area contributed by atoms with E-state index in [0.717, 1.165) is 134 Å². The van der Waals surface area contributed by atoms with Gasteiger partial charge in [0, 0.05) is 144 Å². The predicted molar refractivity (Wildman–Crippen MR) is 290 cm³/mol. The summed E-state index contributed by atoms with van der Waals surface area (Å²) in [6.07, 6.45) is 11.6. The molecule has 3 amide bonds. The average Bonchev–Trinajstić information content (AvgIpc) is 3.88. The van der Waals surface area contributed by atoms with Crippen LogP contribution in [-0.4, -0.2) is 158 Å². The molecule has 19 nitrogen and oxygen atoms in total. The summed E-state index contributed by atoms with van der Waals surface area (Å²) in [4.78, 5) is 65.1. The van der Waals surface area contributed by atoms with Crippen LogP contribution in [0, 0.1) is 11.8 Å². The van der Waals surface area contributed by atoms with Crippen molar-refractivity contribution in [2.24, 2.45) is 11.8 Å². The van der Waals surface area contributed by atoms with E-state index in [1.165, 1.54) is 5.69 Å². The molecule has 392 valence electrons. The van der Waals surface area contributed by atoms with Crippen LogP contribution in [0.15, 0.2) is 78.2 Å². The SMILES string of the molecule is CC(C)(C)OC(=O)N1CCN(c2ccc(N)cc2)CC1.CN(C)C(=O)c1cc2cnc(Nc3ccc(N4CCNCC4)cc3)nc2n1C12CC(C1)C2.CN(C)C(=O)c1cc2cnc(S(C)=O)nc2n1C12CC(C1)C2. The lowest BCUT2D eigenvalue weighted by molar-refractivity contribution is -0.0871. The minimum Gasteiger partial charge on any atom is -0.444 e. The first kappa shape index (κ1) is 50.7.